The van der Waals surface area contributed by atoms with Gasteiger partial charge >= 0.3 is 0 Å². The molecule has 0 atom stereocenters. The maximum absolute atomic E-state index is 12.7. The van der Waals surface area contributed by atoms with Crippen LogP contribution in [0.5, 0.6) is 0 Å². The molecule has 0 bridgehead atoms. The summed E-state index contributed by atoms with van der Waals surface area (Å²) in [5.41, 5.74) is 4.57. The molecule has 2 aromatic rings. The molecule has 1 aromatic carbocycles. The number of imidazole rings is 1. The van der Waals surface area contributed by atoms with Crippen LogP contribution in [0, 0.1) is 11.3 Å². The van der Waals surface area contributed by atoms with E-state index in [1.807, 2.05) is 25.1 Å². The molecule has 6 nitrogen and oxygen atoms in total. The summed E-state index contributed by atoms with van der Waals surface area (Å²) in [6.07, 6.45) is 8.29. The highest BCUT2D eigenvalue weighted by Gasteiger charge is 2.34. The lowest BCUT2D eigenvalue weighted by Crippen LogP contribution is -2.23. The van der Waals surface area contributed by atoms with Crippen LogP contribution in [0.2, 0.25) is 0 Å². The second kappa shape index (κ2) is 7.70. The van der Waals surface area contributed by atoms with Crippen molar-refractivity contribution in [2.45, 2.75) is 44.8 Å². The van der Waals surface area contributed by atoms with E-state index in [9.17, 15) is 4.79 Å². The van der Waals surface area contributed by atoms with Gasteiger partial charge in [0.1, 0.15) is 11.8 Å². The van der Waals surface area contributed by atoms with Crippen molar-refractivity contribution in [3.05, 3.63) is 58.7 Å². The minimum Gasteiger partial charge on any atom is -0.344 e. The maximum Gasteiger partial charge on any atom is 0.202 e. The summed E-state index contributed by atoms with van der Waals surface area (Å²) in [6.45, 7) is 3.09. The number of benzene rings is 1. The van der Waals surface area contributed by atoms with Crippen molar-refractivity contribution in [2.75, 3.05) is 13.2 Å². The SMILES string of the molecule is CC1(c2ccc(CC(=O)c3ncc(C#N)[nH]3)c(C3=CCCCC3)c2)OCCO1. The van der Waals surface area contributed by atoms with Crippen LogP contribution in [0.3, 0.4) is 0 Å². The largest absolute Gasteiger partial charge is 0.344 e. The molecule has 0 unspecified atom stereocenters. The highest BCUT2D eigenvalue weighted by molar-refractivity contribution is 5.95. The van der Waals surface area contributed by atoms with E-state index in [0.29, 0.717) is 13.2 Å². The predicted octanol–water partition coefficient (Wildman–Crippen LogP) is 3.88. The highest BCUT2D eigenvalue weighted by Crippen LogP contribution is 2.36. The average Bonchev–Trinajstić information content (AvgIpc) is 3.39. The van der Waals surface area contributed by atoms with Gasteiger partial charge in [0.15, 0.2) is 11.6 Å². The van der Waals surface area contributed by atoms with Gasteiger partial charge in [-0.2, -0.15) is 5.26 Å². The highest BCUT2D eigenvalue weighted by atomic mass is 16.7. The van der Waals surface area contributed by atoms with E-state index in [0.717, 1.165) is 36.0 Å². The van der Waals surface area contributed by atoms with Crippen LogP contribution >= 0.6 is 0 Å². The molecule has 0 radical (unpaired) electrons. The molecule has 2 aliphatic rings. The summed E-state index contributed by atoms with van der Waals surface area (Å²) in [6, 6.07) is 8.03. The number of ketones is 1. The van der Waals surface area contributed by atoms with Gasteiger partial charge in [0.2, 0.25) is 5.78 Å². The fourth-order valence-corrected chi connectivity index (χ4v) is 3.85. The van der Waals surface area contributed by atoms with Crippen molar-refractivity contribution in [1.29, 1.82) is 5.26 Å². The zero-order valence-electron chi connectivity index (χ0n) is 16.0. The van der Waals surface area contributed by atoms with Crippen molar-refractivity contribution in [3.63, 3.8) is 0 Å². The molecular weight excluding hydrogens is 354 g/mol. The van der Waals surface area contributed by atoms with Crippen molar-refractivity contribution in [2.24, 2.45) is 0 Å². The summed E-state index contributed by atoms with van der Waals surface area (Å²) >= 11 is 0. The van der Waals surface area contributed by atoms with Gasteiger partial charge < -0.3 is 14.5 Å². The Bertz CT molecular complexity index is 962. The van der Waals surface area contributed by atoms with E-state index in [1.165, 1.54) is 18.2 Å². The van der Waals surface area contributed by atoms with Gasteiger partial charge in [-0.05, 0) is 55.4 Å². The molecule has 144 valence electrons. The minimum atomic E-state index is -0.741. The fourth-order valence-electron chi connectivity index (χ4n) is 3.85. The lowest BCUT2D eigenvalue weighted by molar-refractivity contribution is -0.149. The summed E-state index contributed by atoms with van der Waals surface area (Å²) in [4.78, 5) is 19.5. The van der Waals surface area contributed by atoms with Crippen LogP contribution in [0.25, 0.3) is 5.57 Å². The predicted molar refractivity (Wildman–Crippen MR) is 103 cm³/mol. The summed E-state index contributed by atoms with van der Waals surface area (Å²) < 4.78 is 11.6. The Morgan fingerprint density at radius 3 is 2.82 bits per heavy atom. The Labute approximate surface area is 164 Å². The Morgan fingerprint density at radius 1 is 1.32 bits per heavy atom. The lowest BCUT2D eigenvalue weighted by Gasteiger charge is -2.25. The molecule has 1 saturated heterocycles. The molecule has 1 N–H and O–H groups in total. The number of allylic oxidation sites excluding steroid dienone is 2. The Balaban J connectivity index is 1.68. The molecule has 1 fully saturated rings. The van der Waals surface area contributed by atoms with Gasteiger partial charge in [-0.3, -0.25) is 4.79 Å². The number of nitriles is 1. The maximum atomic E-state index is 12.7. The first-order valence-corrected chi connectivity index (χ1v) is 9.68. The number of carbonyl (C=O) groups is 1. The number of aromatic nitrogens is 2. The number of rotatable bonds is 5. The number of nitrogens with zero attached hydrogens (tertiary/aromatic N) is 2. The number of ether oxygens (including phenoxy) is 2. The normalized spacial score (nSPS) is 18.5. The number of nitrogens with one attached hydrogen (secondary N) is 1. The smallest absolute Gasteiger partial charge is 0.202 e. The van der Waals surface area contributed by atoms with Crippen molar-refractivity contribution >= 4 is 11.4 Å². The fraction of sp³-hybridized carbons (Fsp3) is 0.409. The second-order valence-electron chi connectivity index (χ2n) is 7.35. The van der Waals surface area contributed by atoms with E-state index < -0.39 is 5.79 Å². The van der Waals surface area contributed by atoms with Gasteiger partial charge in [-0.25, -0.2) is 4.98 Å². The third-order valence-electron chi connectivity index (χ3n) is 5.42. The molecule has 0 amide bonds. The topological polar surface area (TPSA) is 88.0 Å². The van der Waals surface area contributed by atoms with Crippen LogP contribution in [-0.4, -0.2) is 29.0 Å². The summed E-state index contributed by atoms with van der Waals surface area (Å²) in [5.74, 6) is -0.653. The monoisotopic (exact) mass is 377 g/mol. The lowest BCUT2D eigenvalue weighted by atomic mass is 9.87. The van der Waals surface area contributed by atoms with Crippen molar-refractivity contribution in [3.8, 4) is 6.07 Å². The average molecular weight is 377 g/mol. The van der Waals surface area contributed by atoms with E-state index in [1.54, 1.807) is 0 Å². The van der Waals surface area contributed by atoms with E-state index in [2.05, 4.69) is 22.1 Å². The molecule has 6 heteroatoms. The minimum absolute atomic E-state index is 0.133. The standard InChI is InChI=1S/C22H23N3O3/c1-22(27-9-10-28-22)17-8-7-16(19(12-17)15-5-3-2-4-6-15)11-20(26)21-24-14-18(13-23)25-21/h5,7-8,12,14H,2-4,6,9-11H2,1H3,(H,24,25). The Morgan fingerprint density at radius 2 is 2.14 bits per heavy atom. The molecule has 0 spiro atoms. The van der Waals surface area contributed by atoms with Gasteiger partial charge in [-0.15, -0.1) is 0 Å². The van der Waals surface area contributed by atoms with Crippen molar-refractivity contribution in [1.82, 2.24) is 9.97 Å². The second-order valence-corrected chi connectivity index (χ2v) is 7.35. The molecule has 2 heterocycles. The first-order chi connectivity index (χ1) is 13.6. The Hall–Kier alpha value is -2.75. The van der Waals surface area contributed by atoms with Crippen LogP contribution in [0.4, 0.5) is 0 Å². The van der Waals surface area contributed by atoms with Gasteiger partial charge in [0.05, 0.1) is 19.4 Å². The number of hydrogen-bond donors (Lipinski definition) is 1. The van der Waals surface area contributed by atoms with Gasteiger partial charge in [0, 0.05) is 12.0 Å². The molecule has 0 saturated carbocycles. The van der Waals surface area contributed by atoms with E-state index >= 15 is 0 Å². The zero-order chi connectivity index (χ0) is 19.6. The molecule has 4 rings (SSSR count). The first-order valence-electron chi connectivity index (χ1n) is 9.68. The van der Waals surface area contributed by atoms with Crippen LogP contribution in [0.1, 0.15) is 65.6 Å². The van der Waals surface area contributed by atoms with Gasteiger partial charge in [-0.1, -0.05) is 18.2 Å². The van der Waals surface area contributed by atoms with E-state index in [-0.39, 0.29) is 23.7 Å². The first kappa shape index (κ1) is 18.6. The number of Topliss-reactive ketones (excluding diaryl/α,β-unsaturated/α-hetero) is 1. The molecule has 28 heavy (non-hydrogen) atoms. The van der Waals surface area contributed by atoms with Crippen molar-refractivity contribution < 1.29 is 14.3 Å². The molecule has 1 aliphatic carbocycles. The zero-order valence-corrected chi connectivity index (χ0v) is 16.0. The number of carbonyl (C=O) groups excluding carboxylic acids is 1. The molecule has 1 aromatic heterocycles. The summed E-state index contributed by atoms with van der Waals surface area (Å²) in [5, 5.41) is 8.93. The summed E-state index contributed by atoms with van der Waals surface area (Å²) in [7, 11) is 0. The molecular formula is C22H23N3O3. The number of aromatic amines is 1. The van der Waals surface area contributed by atoms with Crippen LogP contribution in [0.15, 0.2) is 30.5 Å². The third-order valence-corrected chi connectivity index (χ3v) is 5.42. The van der Waals surface area contributed by atoms with Crippen LogP contribution < -0.4 is 0 Å². The van der Waals surface area contributed by atoms with E-state index in [4.69, 9.17) is 14.7 Å². The quantitative estimate of drug-likeness (QED) is 0.799. The number of hydrogen-bond acceptors (Lipinski definition) is 5. The number of H-pyrrole nitrogens is 1. The molecule has 1 aliphatic heterocycles. The van der Waals surface area contributed by atoms with Crippen LogP contribution in [-0.2, 0) is 21.7 Å². The Kier molecular flexibility index (Phi) is 5.12. The van der Waals surface area contributed by atoms with Gasteiger partial charge in [0.25, 0.3) is 0 Å². The third kappa shape index (κ3) is 3.64.